The smallest absolute Gasteiger partial charge is 0.216 e. The topological polar surface area (TPSA) is 83.6 Å². The number of rotatable bonds is 4. The van der Waals surface area contributed by atoms with Crippen LogP contribution in [-0.4, -0.2) is 49.3 Å². The Morgan fingerprint density at radius 3 is 2.65 bits per heavy atom. The molecule has 6 nitrogen and oxygen atoms in total. The minimum absolute atomic E-state index is 0.147. The number of hydrogen-bond acceptors (Lipinski definition) is 4. The van der Waals surface area contributed by atoms with E-state index in [1.165, 1.54) is 4.31 Å². The van der Waals surface area contributed by atoms with Gasteiger partial charge in [-0.15, -0.1) is 0 Å². The highest BCUT2D eigenvalue weighted by atomic mass is 32.2. The Kier molecular flexibility index (Phi) is 4.64. The van der Waals surface area contributed by atoms with Gasteiger partial charge in [0.2, 0.25) is 16.4 Å². The Labute approximate surface area is 101 Å². The van der Waals surface area contributed by atoms with Crippen molar-refractivity contribution in [3.05, 3.63) is 0 Å². The Balaban J connectivity index is 2.81. The molecular weight excluding hydrogens is 244 g/mol. The number of sulfonamides is 1. The van der Waals surface area contributed by atoms with Crippen LogP contribution in [0.4, 0.5) is 0 Å². The summed E-state index contributed by atoms with van der Waals surface area (Å²) in [4.78, 5) is 22.1. The van der Waals surface area contributed by atoms with Crippen molar-refractivity contribution in [3.8, 4) is 0 Å². The van der Waals surface area contributed by atoms with E-state index in [9.17, 15) is 18.0 Å². The summed E-state index contributed by atoms with van der Waals surface area (Å²) < 4.78 is 25.1. The molecule has 1 fully saturated rings. The van der Waals surface area contributed by atoms with Gasteiger partial charge in [0, 0.05) is 6.54 Å². The monoisotopic (exact) mass is 262 g/mol. The van der Waals surface area contributed by atoms with E-state index >= 15 is 0 Å². The normalized spacial score (nSPS) is 23.5. The Morgan fingerprint density at radius 1 is 1.47 bits per heavy atom. The number of Topliss-reactive ketones (excluding diaryl/α,β-unsaturated/α-hetero) is 1. The van der Waals surface area contributed by atoms with Crippen molar-refractivity contribution in [3.63, 3.8) is 0 Å². The lowest BCUT2D eigenvalue weighted by molar-refractivity contribution is -0.123. The van der Waals surface area contributed by atoms with Gasteiger partial charge in [-0.2, -0.15) is 4.31 Å². The van der Waals surface area contributed by atoms with E-state index in [4.69, 9.17) is 0 Å². The molecule has 0 bridgehead atoms. The average molecular weight is 262 g/mol. The molecule has 0 spiro atoms. The Hall–Kier alpha value is -0.950. The lowest BCUT2D eigenvalue weighted by Crippen LogP contribution is -2.43. The summed E-state index contributed by atoms with van der Waals surface area (Å²) in [5.41, 5.74) is 0. The van der Waals surface area contributed by atoms with E-state index in [1.54, 1.807) is 13.8 Å². The van der Waals surface area contributed by atoms with E-state index in [0.717, 1.165) is 0 Å². The average Bonchev–Trinajstić information content (AvgIpc) is 2.42. The van der Waals surface area contributed by atoms with Crippen LogP contribution in [0.3, 0.4) is 0 Å². The molecule has 1 rings (SSSR count). The Bertz CT molecular complexity index is 391. The summed E-state index contributed by atoms with van der Waals surface area (Å²) >= 11 is 0. The number of amides is 1. The third-order valence-corrected chi connectivity index (χ3v) is 5.07. The largest absolute Gasteiger partial charge is 0.349 e. The second kappa shape index (κ2) is 5.59. The molecule has 0 aromatic carbocycles. The van der Waals surface area contributed by atoms with E-state index in [2.05, 4.69) is 5.32 Å². The van der Waals surface area contributed by atoms with Gasteiger partial charge in [-0.1, -0.05) is 0 Å². The van der Waals surface area contributed by atoms with Gasteiger partial charge in [0.05, 0.1) is 17.8 Å². The molecule has 0 saturated carbocycles. The van der Waals surface area contributed by atoms with Crippen molar-refractivity contribution in [2.75, 3.05) is 13.1 Å². The summed E-state index contributed by atoms with van der Waals surface area (Å²) in [5, 5.41) is 1.89. The number of carbonyl (C=O) groups excluding carboxylic acids is 2. The van der Waals surface area contributed by atoms with Crippen LogP contribution in [-0.2, 0) is 19.6 Å². The molecule has 1 unspecified atom stereocenters. The van der Waals surface area contributed by atoms with Crippen LogP contribution in [0.1, 0.15) is 26.7 Å². The zero-order valence-corrected chi connectivity index (χ0v) is 10.9. The number of nitrogens with zero attached hydrogens (tertiary/aromatic N) is 1. The van der Waals surface area contributed by atoms with Gasteiger partial charge in [-0.25, -0.2) is 8.42 Å². The molecule has 1 amide bonds. The highest BCUT2D eigenvalue weighted by Gasteiger charge is 2.32. The summed E-state index contributed by atoms with van der Waals surface area (Å²) in [7, 11) is -3.40. The number of ketones is 1. The van der Waals surface area contributed by atoms with Gasteiger partial charge in [0.1, 0.15) is 0 Å². The third-order valence-electron chi connectivity index (χ3n) is 2.85. The molecule has 0 aromatic heterocycles. The van der Waals surface area contributed by atoms with E-state index in [-0.39, 0.29) is 12.3 Å². The summed E-state index contributed by atoms with van der Waals surface area (Å²) in [6.07, 6.45) is 1.54. The predicted octanol–water partition coefficient (Wildman–Crippen LogP) is -0.496. The van der Waals surface area contributed by atoms with E-state index in [0.29, 0.717) is 25.8 Å². The number of hydrogen-bond donors (Lipinski definition) is 1. The molecule has 1 N–H and O–H groups in total. The first kappa shape index (κ1) is 14.1. The van der Waals surface area contributed by atoms with Crippen LogP contribution in [0.5, 0.6) is 0 Å². The minimum Gasteiger partial charge on any atom is -0.349 e. The molecule has 1 heterocycles. The first-order valence-electron chi connectivity index (χ1n) is 5.61. The van der Waals surface area contributed by atoms with E-state index in [1.807, 2.05) is 0 Å². The second-order valence-corrected chi connectivity index (χ2v) is 6.86. The van der Waals surface area contributed by atoms with Crippen LogP contribution in [0.25, 0.3) is 0 Å². The molecule has 1 aliphatic rings. The van der Waals surface area contributed by atoms with Crippen LogP contribution < -0.4 is 5.32 Å². The fourth-order valence-corrected chi connectivity index (χ4v) is 3.06. The summed E-state index contributed by atoms with van der Waals surface area (Å²) in [6.45, 7) is 3.37. The maximum absolute atomic E-state index is 11.9. The molecule has 17 heavy (non-hydrogen) atoms. The van der Waals surface area contributed by atoms with Crippen molar-refractivity contribution >= 4 is 22.2 Å². The maximum atomic E-state index is 11.9. The van der Waals surface area contributed by atoms with Crippen molar-refractivity contribution < 1.29 is 18.0 Å². The number of nitrogens with one attached hydrogen (secondary N) is 1. The molecular formula is C10H18N2O4S. The molecule has 1 saturated heterocycles. The van der Waals surface area contributed by atoms with Gasteiger partial charge in [-0.3, -0.25) is 9.59 Å². The lowest BCUT2D eigenvalue weighted by atomic mass is 10.1. The van der Waals surface area contributed by atoms with Gasteiger partial charge < -0.3 is 5.32 Å². The third kappa shape index (κ3) is 3.26. The van der Waals surface area contributed by atoms with Gasteiger partial charge in [0.15, 0.2) is 5.78 Å². The molecule has 7 heteroatoms. The molecule has 1 atom stereocenters. The van der Waals surface area contributed by atoms with Crippen molar-refractivity contribution in [2.24, 2.45) is 0 Å². The van der Waals surface area contributed by atoms with Gasteiger partial charge in [0.25, 0.3) is 0 Å². The Morgan fingerprint density at radius 2 is 2.12 bits per heavy atom. The SMILES string of the molecule is CC(C)S(=O)(=O)N1CCCC(NC=O)C(=O)C1. The number of carbonyl (C=O) groups is 2. The second-order valence-electron chi connectivity index (χ2n) is 4.37. The zero-order chi connectivity index (χ0) is 13.1. The highest BCUT2D eigenvalue weighted by Crippen LogP contribution is 2.15. The van der Waals surface area contributed by atoms with Crippen molar-refractivity contribution in [2.45, 2.75) is 38.0 Å². The van der Waals surface area contributed by atoms with Crippen LogP contribution in [0.2, 0.25) is 0 Å². The summed E-state index contributed by atoms with van der Waals surface area (Å²) in [6, 6.07) is -0.556. The molecule has 98 valence electrons. The maximum Gasteiger partial charge on any atom is 0.216 e. The summed E-state index contributed by atoms with van der Waals surface area (Å²) in [5.74, 6) is -0.251. The molecule has 0 radical (unpaired) electrons. The quantitative estimate of drug-likeness (QED) is 0.693. The predicted molar refractivity (Wildman–Crippen MR) is 62.9 cm³/mol. The molecule has 1 aliphatic heterocycles. The first-order chi connectivity index (χ1) is 7.89. The van der Waals surface area contributed by atoms with Crippen molar-refractivity contribution in [1.82, 2.24) is 9.62 Å². The lowest BCUT2D eigenvalue weighted by Gasteiger charge is -2.21. The molecule has 0 aliphatic carbocycles. The highest BCUT2D eigenvalue weighted by molar-refractivity contribution is 7.89. The van der Waals surface area contributed by atoms with Crippen LogP contribution in [0.15, 0.2) is 0 Å². The van der Waals surface area contributed by atoms with E-state index < -0.39 is 21.3 Å². The minimum atomic E-state index is -3.40. The van der Waals surface area contributed by atoms with Gasteiger partial charge in [-0.05, 0) is 26.7 Å². The van der Waals surface area contributed by atoms with Crippen LogP contribution in [0, 0.1) is 0 Å². The van der Waals surface area contributed by atoms with Crippen LogP contribution >= 0.6 is 0 Å². The van der Waals surface area contributed by atoms with Gasteiger partial charge >= 0.3 is 0 Å². The fourth-order valence-electron chi connectivity index (χ4n) is 1.77. The zero-order valence-electron chi connectivity index (χ0n) is 10.0. The standard InChI is InChI=1S/C10H18N2O4S/c1-8(2)17(15,16)12-5-3-4-9(11-7-13)10(14)6-12/h7-9H,3-6H2,1-2H3,(H,11,13). The first-order valence-corrected chi connectivity index (χ1v) is 7.11. The molecule has 0 aromatic rings. The fraction of sp³-hybridized carbons (Fsp3) is 0.800. The van der Waals surface area contributed by atoms with Crippen molar-refractivity contribution in [1.29, 1.82) is 0 Å².